The first-order valence-corrected chi connectivity index (χ1v) is 12.5. The lowest BCUT2D eigenvalue weighted by molar-refractivity contribution is 0.0985. The van der Waals surface area contributed by atoms with E-state index in [0.29, 0.717) is 48.7 Å². The second-order valence-electron chi connectivity index (χ2n) is 8.09. The highest BCUT2D eigenvalue weighted by atomic mass is 32.2. The number of hydrogen-bond donors (Lipinski definition) is 2. The maximum Gasteiger partial charge on any atom is 0.239 e. The van der Waals surface area contributed by atoms with E-state index in [1.165, 1.54) is 12.3 Å². The summed E-state index contributed by atoms with van der Waals surface area (Å²) in [5.41, 5.74) is 1.43. The molecule has 172 valence electrons. The highest BCUT2D eigenvalue weighted by Crippen LogP contribution is 2.28. The third-order valence-electron chi connectivity index (χ3n) is 5.38. The van der Waals surface area contributed by atoms with Gasteiger partial charge in [-0.2, -0.15) is 4.98 Å². The van der Waals surface area contributed by atoms with Crippen LogP contribution in [-0.2, 0) is 14.4 Å². The standard InChI is InChI=1S/C21H28FN7O2S/c1-13(12-32(4,23)30)16-10-18(28-8-9-31-11-14(28)2)26-21(25-16)29-17-7-5-6-15(22)19(17)27-20(29)24-3/h5-7,10,12-14H,8-9,11H2,1-4H3,(H2,23,30)(H,24,27)/t13?,14-,32?/m1/s1. The summed E-state index contributed by atoms with van der Waals surface area (Å²) in [6, 6.07) is 6.77. The molecule has 3 aromatic rings. The van der Waals surface area contributed by atoms with Crippen LogP contribution >= 0.6 is 0 Å². The molecule has 0 amide bonds. The van der Waals surface area contributed by atoms with E-state index in [4.69, 9.17) is 19.8 Å². The molecule has 2 unspecified atom stereocenters. The largest absolute Gasteiger partial charge is 0.377 e. The van der Waals surface area contributed by atoms with E-state index in [0.717, 1.165) is 0 Å². The van der Waals surface area contributed by atoms with Crippen molar-refractivity contribution < 1.29 is 13.3 Å². The van der Waals surface area contributed by atoms with Crippen LogP contribution in [0.25, 0.3) is 17.0 Å². The van der Waals surface area contributed by atoms with Crippen LogP contribution in [-0.4, -0.2) is 68.2 Å². The minimum absolute atomic E-state index is 0.115. The molecule has 0 bridgehead atoms. The number of benzene rings is 1. The zero-order valence-corrected chi connectivity index (χ0v) is 19.4. The molecule has 0 spiro atoms. The van der Waals surface area contributed by atoms with Crippen molar-refractivity contribution in [1.29, 1.82) is 0 Å². The van der Waals surface area contributed by atoms with Crippen molar-refractivity contribution in [3.63, 3.8) is 0 Å². The van der Waals surface area contributed by atoms with Crippen molar-refractivity contribution in [2.75, 3.05) is 43.3 Å². The molecule has 0 saturated carbocycles. The van der Waals surface area contributed by atoms with Gasteiger partial charge in [-0.3, -0.25) is 9.35 Å². The van der Waals surface area contributed by atoms with Gasteiger partial charge in [-0.1, -0.05) is 13.0 Å². The average Bonchev–Trinajstić information content (AvgIpc) is 3.12. The van der Waals surface area contributed by atoms with Gasteiger partial charge in [-0.15, -0.1) is 0 Å². The van der Waals surface area contributed by atoms with E-state index in [2.05, 4.69) is 22.1 Å². The molecule has 9 nitrogen and oxygen atoms in total. The van der Waals surface area contributed by atoms with E-state index in [1.807, 2.05) is 13.0 Å². The van der Waals surface area contributed by atoms with E-state index in [-0.39, 0.29) is 17.5 Å². The first-order valence-electron chi connectivity index (χ1n) is 10.4. The number of fused-ring (bicyclic) bond motifs is 1. The number of imidazole rings is 1. The van der Waals surface area contributed by atoms with Gasteiger partial charge < -0.3 is 15.0 Å². The summed E-state index contributed by atoms with van der Waals surface area (Å²) in [4.78, 5) is 16.1. The van der Waals surface area contributed by atoms with Gasteiger partial charge in [0, 0.05) is 41.5 Å². The number of nitrogens with one attached hydrogen (secondary N) is 1. The Hall–Kier alpha value is -2.76. The smallest absolute Gasteiger partial charge is 0.239 e. The second-order valence-corrected chi connectivity index (χ2v) is 10.3. The van der Waals surface area contributed by atoms with Crippen LogP contribution < -0.4 is 15.4 Å². The van der Waals surface area contributed by atoms with Crippen LogP contribution in [0.15, 0.2) is 24.3 Å². The summed E-state index contributed by atoms with van der Waals surface area (Å²) in [5.74, 6) is 0.748. The number of hydrogen-bond acceptors (Lipinski definition) is 7. The third-order valence-corrected chi connectivity index (χ3v) is 6.33. The Kier molecular flexibility index (Phi) is 6.06. The SMILES string of the molecule is CNc1nc2c(F)cccc2n1-c1nc(C(C)C=S(C)(N)=O)cc(N2CCOC[C@H]2C)n1. The molecule has 1 fully saturated rings. The Balaban J connectivity index is 1.95. The number of nitrogens with zero attached hydrogens (tertiary/aromatic N) is 5. The van der Waals surface area contributed by atoms with Crippen LogP contribution in [0.4, 0.5) is 16.2 Å². The molecular formula is C21H28FN7O2S. The topological polar surface area (TPSA) is 111 Å². The van der Waals surface area contributed by atoms with Crippen LogP contribution in [0.1, 0.15) is 25.5 Å². The van der Waals surface area contributed by atoms with Gasteiger partial charge >= 0.3 is 0 Å². The first-order chi connectivity index (χ1) is 15.2. The summed E-state index contributed by atoms with van der Waals surface area (Å²) < 4.78 is 33.9. The monoisotopic (exact) mass is 461 g/mol. The minimum atomic E-state index is -2.59. The molecular weight excluding hydrogens is 433 g/mol. The Morgan fingerprint density at radius 1 is 1.38 bits per heavy atom. The predicted molar refractivity (Wildman–Crippen MR) is 127 cm³/mol. The summed E-state index contributed by atoms with van der Waals surface area (Å²) in [7, 11) is -0.880. The maximum atomic E-state index is 14.4. The first kappa shape index (κ1) is 22.4. The Morgan fingerprint density at radius 2 is 2.16 bits per heavy atom. The molecule has 0 aliphatic carbocycles. The lowest BCUT2D eigenvalue weighted by Crippen LogP contribution is -2.44. The number of rotatable bonds is 5. The number of halogens is 1. The quantitative estimate of drug-likeness (QED) is 0.559. The van der Waals surface area contributed by atoms with Crippen LogP contribution in [0.3, 0.4) is 0 Å². The Labute approximate surface area is 187 Å². The van der Waals surface area contributed by atoms with Crippen molar-refractivity contribution in [2.45, 2.75) is 25.8 Å². The van der Waals surface area contributed by atoms with Crippen molar-refractivity contribution in [3.8, 4) is 5.95 Å². The fourth-order valence-corrected chi connectivity index (χ4v) is 4.85. The molecule has 3 atom stereocenters. The van der Waals surface area contributed by atoms with Crippen LogP contribution in [0, 0.1) is 5.82 Å². The zero-order valence-electron chi connectivity index (χ0n) is 18.6. The van der Waals surface area contributed by atoms with Gasteiger partial charge in [0.05, 0.1) is 30.5 Å². The molecule has 3 N–H and O–H groups in total. The lowest BCUT2D eigenvalue weighted by atomic mass is 10.1. The summed E-state index contributed by atoms with van der Waals surface area (Å²) >= 11 is 0. The molecule has 11 heteroatoms. The second kappa shape index (κ2) is 8.64. The van der Waals surface area contributed by atoms with E-state index < -0.39 is 15.5 Å². The summed E-state index contributed by atoms with van der Waals surface area (Å²) in [6.07, 6.45) is 1.49. The molecule has 1 aliphatic heterocycles. The summed E-state index contributed by atoms with van der Waals surface area (Å²) in [6.45, 7) is 5.81. The molecule has 0 radical (unpaired) electrons. The van der Waals surface area contributed by atoms with Gasteiger partial charge in [0.15, 0.2) is 5.82 Å². The highest BCUT2D eigenvalue weighted by molar-refractivity contribution is 7.98. The number of anilines is 2. The average molecular weight is 462 g/mol. The number of nitrogens with two attached hydrogens (primary N) is 1. The molecule has 2 aromatic heterocycles. The van der Waals surface area contributed by atoms with Crippen molar-refractivity contribution >= 4 is 37.9 Å². The summed E-state index contributed by atoms with van der Waals surface area (Å²) in [5, 5.41) is 10.4. The number of ether oxygens (including phenoxy) is 1. The minimum Gasteiger partial charge on any atom is -0.377 e. The van der Waals surface area contributed by atoms with Crippen molar-refractivity contribution in [2.24, 2.45) is 5.14 Å². The molecule has 1 saturated heterocycles. The Bertz CT molecular complexity index is 1260. The fourth-order valence-electron chi connectivity index (χ4n) is 3.90. The molecule has 4 rings (SSSR count). The van der Waals surface area contributed by atoms with E-state index in [9.17, 15) is 8.60 Å². The number of morpholine rings is 1. The molecule has 32 heavy (non-hydrogen) atoms. The predicted octanol–water partition coefficient (Wildman–Crippen LogP) is 1.91. The Morgan fingerprint density at radius 3 is 2.84 bits per heavy atom. The number of aromatic nitrogens is 4. The lowest BCUT2D eigenvalue weighted by Gasteiger charge is -2.34. The highest BCUT2D eigenvalue weighted by Gasteiger charge is 2.24. The van der Waals surface area contributed by atoms with Gasteiger partial charge in [0.25, 0.3) is 0 Å². The van der Waals surface area contributed by atoms with E-state index in [1.54, 1.807) is 29.1 Å². The zero-order chi connectivity index (χ0) is 23.0. The maximum absolute atomic E-state index is 14.4. The molecule has 1 aromatic carbocycles. The van der Waals surface area contributed by atoms with Crippen LogP contribution in [0.5, 0.6) is 0 Å². The van der Waals surface area contributed by atoms with Crippen molar-refractivity contribution in [1.82, 2.24) is 19.5 Å². The molecule has 1 aliphatic rings. The van der Waals surface area contributed by atoms with Gasteiger partial charge in [-0.05, 0) is 24.4 Å². The van der Waals surface area contributed by atoms with Gasteiger partial charge in [0.2, 0.25) is 11.9 Å². The fraction of sp³-hybridized carbons (Fsp3) is 0.429. The molecule has 3 heterocycles. The van der Waals surface area contributed by atoms with E-state index >= 15 is 0 Å². The third kappa shape index (κ3) is 4.41. The van der Waals surface area contributed by atoms with Gasteiger partial charge in [0.1, 0.15) is 11.3 Å². The van der Waals surface area contributed by atoms with Crippen molar-refractivity contribution in [3.05, 3.63) is 35.8 Å². The van der Waals surface area contributed by atoms with Gasteiger partial charge in [-0.25, -0.2) is 18.9 Å². The number of para-hydroxylation sites is 1. The van der Waals surface area contributed by atoms with Crippen LogP contribution in [0.2, 0.25) is 0 Å². The normalized spacial score (nSPS) is 19.6.